The van der Waals surface area contributed by atoms with Crippen LogP contribution in [-0.4, -0.2) is 17.6 Å². The lowest BCUT2D eigenvalue weighted by molar-refractivity contribution is -0.127. The second-order valence-electron chi connectivity index (χ2n) is 1.91. The highest BCUT2D eigenvalue weighted by molar-refractivity contribution is 6.04. The molecule has 0 heterocycles. The molecule has 2 N–H and O–H groups in total. The minimum absolute atomic E-state index is 0.192. The highest BCUT2D eigenvalue weighted by atomic mass is 16.2. The van der Waals surface area contributed by atoms with Crippen LogP contribution in [0, 0.1) is 0 Å². The van der Waals surface area contributed by atoms with Crippen molar-refractivity contribution >= 4 is 11.6 Å². The highest BCUT2D eigenvalue weighted by Gasteiger charge is 2.14. The van der Waals surface area contributed by atoms with Gasteiger partial charge in [0.1, 0.15) is 6.04 Å². The number of nitrogens with two attached hydrogens (primary N) is 1. The molecule has 3 heteroatoms. The van der Waals surface area contributed by atoms with Gasteiger partial charge in [-0.2, -0.15) is 0 Å². The Labute approximate surface area is 54.2 Å². The Bertz CT molecular complexity index is 131. The van der Waals surface area contributed by atoms with Crippen LogP contribution in [0.3, 0.4) is 0 Å². The maximum absolute atomic E-state index is 10.6. The van der Waals surface area contributed by atoms with E-state index >= 15 is 0 Å². The molecule has 0 radical (unpaired) electrons. The lowest BCUT2D eigenvalue weighted by Gasteiger charge is -2.01. The van der Waals surface area contributed by atoms with E-state index in [1.165, 1.54) is 6.92 Å². The van der Waals surface area contributed by atoms with E-state index < -0.39 is 6.04 Å². The molecule has 0 aliphatic rings. The molecule has 0 aliphatic heterocycles. The molecular weight excluding hydrogens is 118 g/mol. The maximum atomic E-state index is 10.6. The van der Waals surface area contributed by atoms with Crippen molar-refractivity contribution in [2.24, 2.45) is 5.73 Å². The Morgan fingerprint density at radius 1 is 1.56 bits per heavy atom. The molecule has 0 saturated heterocycles. The monoisotopic (exact) mass is 129 g/mol. The van der Waals surface area contributed by atoms with E-state index in [0.29, 0.717) is 6.42 Å². The van der Waals surface area contributed by atoms with Gasteiger partial charge in [-0.05, 0) is 6.92 Å². The van der Waals surface area contributed by atoms with Gasteiger partial charge >= 0.3 is 0 Å². The number of hydrogen-bond acceptors (Lipinski definition) is 3. The van der Waals surface area contributed by atoms with Crippen LogP contribution in [0.25, 0.3) is 0 Å². The molecule has 0 saturated carbocycles. The fourth-order valence-corrected chi connectivity index (χ4v) is 0.447. The summed E-state index contributed by atoms with van der Waals surface area (Å²) in [5, 5.41) is 0. The molecule has 1 unspecified atom stereocenters. The van der Waals surface area contributed by atoms with Crippen LogP contribution in [0.15, 0.2) is 0 Å². The minimum Gasteiger partial charge on any atom is -0.315 e. The fraction of sp³-hybridized carbons (Fsp3) is 0.667. The van der Waals surface area contributed by atoms with E-state index in [0.717, 1.165) is 0 Å². The number of rotatable bonds is 3. The zero-order valence-corrected chi connectivity index (χ0v) is 5.68. The first kappa shape index (κ1) is 8.30. The van der Waals surface area contributed by atoms with Gasteiger partial charge in [-0.25, -0.2) is 0 Å². The molecule has 9 heavy (non-hydrogen) atoms. The van der Waals surface area contributed by atoms with Crippen molar-refractivity contribution in [3.8, 4) is 0 Å². The molecule has 0 aromatic heterocycles. The number of Topliss-reactive ketones (excluding diaryl/α,β-unsaturated/α-hetero) is 2. The van der Waals surface area contributed by atoms with Gasteiger partial charge in [-0.3, -0.25) is 9.59 Å². The predicted octanol–water partition coefficient (Wildman–Crippen LogP) is -0.118. The van der Waals surface area contributed by atoms with Crippen molar-refractivity contribution in [2.45, 2.75) is 26.3 Å². The van der Waals surface area contributed by atoms with Gasteiger partial charge in [0.25, 0.3) is 0 Å². The summed E-state index contributed by atoms with van der Waals surface area (Å²) >= 11 is 0. The van der Waals surface area contributed by atoms with Gasteiger partial charge < -0.3 is 5.73 Å². The standard InChI is InChI=1S/C6H11NO2/c1-3-5(9)6(7)4(2)8/h6H,3,7H2,1-2H3. The summed E-state index contributed by atoms with van der Waals surface area (Å²) in [7, 11) is 0. The number of carbonyl (C=O) groups is 2. The lowest BCUT2D eigenvalue weighted by Crippen LogP contribution is -2.36. The first-order chi connectivity index (χ1) is 4.09. The second-order valence-corrected chi connectivity index (χ2v) is 1.91. The molecule has 0 rings (SSSR count). The number of hydrogen-bond donors (Lipinski definition) is 1. The van der Waals surface area contributed by atoms with Gasteiger partial charge in [0, 0.05) is 6.42 Å². The molecule has 0 bridgehead atoms. The van der Waals surface area contributed by atoms with E-state index in [1.54, 1.807) is 6.92 Å². The van der Waals surface area contributed by atoms with Crippen LogP contribution in [0.4, 0.5) is 0 Å². The van der Waals surface area contributed by atoms with Crippen molar-refractivity contribution < 1.29 is 9.59 Å². The SMILES string of the molecule is CCC(=O)C(N)C(C)=O. The van der Waals surface area contributed by atoms with Gasteiger partial charge in [0.2, 0.25) is 0 Å². The fourth-order valence-electron chi connectivity index (χ4n) is 0.447. The Hall–Kier alpha value is -0.700. The topological polar surface area (TPSA) is 60.2 Å². The van der Waals surface area contributed by atoms with Crippen LogP contribution in [0.2, 0.25) is 0 Å². The Balaban J connectivity index is 3.88. The van der Waals surface area contributed by atoms with E-state index in [1.807, 2.05) is 0 Å². The van der Waals surface area contributed by atoms with Crippen LogP contribution in [-0.2, 0) is 9.59 Å². The Kier molecular flexibility index (Phi) is 3.09. The molecular formula is C6H11NO2. The zero-order valence-electron chi connectivity index (χ0n) is 5.68. The van der Waals surface area contributed by atoms with Crippen LogP contribution < -0.4 is 5.73 Å². The van der Waals surface area contributed by atoms with Crippen LogP contribution in [0.5, 0.6) is 0 Å². The smallest absolute Gasteiger partial charge is 0.156 e. The molecule has 0 aromatic carbocycles. The number of ketones is 2. The predicted molar refractivity (Wildman–Crippen MR) is 34.0 cm³/mol. The summed E-state index contributed by atoms with van der Waals surface area (Å²) in [6, 6.07) is -0.894. The lowest BCUT2D eigenvalue weighted by atomic mass is 10.1. The maximum Gasteiger partial charge on any atom is 0.156 e. The summed E-state index contributed by atoms with van der Waals surface area (Å²) in [6.45, 7) is 3.00. The van der Waals surface area contributed by atoms with Crippen LogP contribution >= 0.6 is 0 Å². The van der Waals surface area contributed by atoms with Crippen molar-refractivity contribution in [2.75, 3.05) is 0 Å². The first-order valence-corrected chi connectivity index (χ1v) is 2.88. The third kappa shape index (κ3) is 2.37. The van der Waals surface area contributed by atoms with E-state index in [2.05, 4.69) is 0 Å². The van der Waals surface area contributed by atoms with Crippen molar-refractivity contribution in [1.82, 2.24) is 0 Å². The summed E-state index contributed by atoms with van der Waals surface area (Å²) < 4.78 is 0. The molecule has 1 atom stereocenters. The molecule has 0 spiro atoms. The summed E-state index contributed by atoms with van der Waals surface area (Å²) in [5.74, 6) is -0.454. The zero-order chi connectivity index (χ0) is 7.44. The average Bonchev–Trinajstić information content (AvgIpc) is 1.84. The molecule has 0 amide bonds. The molecule has 3 nitrogen and oxygen atoms in total. The largest absolute Gasteiger partial charge is 0.315 e. The van der Waals surface area contributed by atoms with E-state index in [-0.39, 0.29) is 11.6 Å². The second kappa shape index (κ2) is 3.35. The Morgan fingerprint density at radius 3 is 2.11 bits per heavy atom. The van der Waals surface area contributed by atoms with Crippen molar-refractivity contribution in [3.05, 3.63) is 0 Å². The van der Waals surface area contributed by atoms with E-state index in [4.69, 9.17) is 5.73 Å². The van der Waals surface area contributed by atoms with Gasteiger partial charge in [-0.15, -0.1) is 0 Å². The third-order valence-electron chi connectivity index (χ3n) is 1.13. The highest BCUT2D eigenvalue weighted by Crippen LogP contribution is 1.87. The Morgan fingerprint density at radius 2 is 2.00 bits per heavy atom. The molecule has 0 aromatic rings. The summed E-state index contributed by atoms with van der Waals surface area (Å²) in [6.07, 6.45) is 0.334. The molecule has 52 valence electrons. The van der Waals surface area contributed by atoms with Crippen LogP contribution in [0.1, 0.15) is 20.3 Å². The van der Waals surface area contributed by atoms with Gasteiger partial charge in [0.15, 0.2) is 11.6 Å². The van der Waals surface area contributed by atoms with Crippen molar-refractivity contribution in [1.29, 1.82) is 0 Å². The van der Waals surface area contributed by atoms with Crippen molar-refractivity contribution in [3.63, 3.8) is 0 Å². The summed E-state index contributed by atoms with van der Waals surface area (Å²) in [5.41, 5.74) is 5.17. The third-order valence-corrected chi connectivity index (χ3v) is 1.13. The quantitative estimate of drug-likeness (QED) is 0.540. The first-order valence-electron chi connectivity index (χ1n) is 2.88. The van der Waals surface area contributed by atoms with Gasteiger partial charge in [0.05, 0.1) is 0 Å². The summed E-state index contributed by atoms with van der Waals surface area (Å²) in [4.78, 5) is 21.0. The minimum atomic E-state index is -0.894. The number of carbonyl (C=O) groups excluding carboxylic acids is 2. The van der Waals surface area contributed by atoms with E-state index in [9.17, 15) is 9.59 Å². The normalized spacial score (nSPS) is 12.8. The van der Waals surface area contributed by atoms with Gasteiger partial charge in [-0.1, -0.05) is 6.92 Å². The average molecular weight is 129 g/mol. The molecule has 0 aliphatic carbocycles. The molecule has 0 fully saturated rings.